The highest BCUT2D eigenvalue weighted by atomic mass is 19.4. The zero-order chi connectivity index (χ0) is 12.3. The van der Waals surface area contributed by atoms with Crippen molar-refractivity contribution in [3.63, 3.8) is 0 Å². The van der Waals surface area contributed by atoms with Gasteiger partial charge in [-0.15, -0.1) is 0 Å². The quantitative estimate of drug-likeness (QED) is 0.871. The van der Waals surface area contributed by atoms with Crippen molar-refractivity contribution in [3.05, 3.63) is 29.3 Å². The number of ether oxygens (including phenoxy) is 1. The predicted octanol–water partition coefficient (Wildman–Crippen LogP) is 2.96. The normalized spacial score (nSPS) is 13.6. The van der Waals surface area contributed by atoms with Crippen LogP contribution in [0.2, 0.25) is 0 Å². The Hall–Kier alpha value is -1.23. The van der Waals surface area contributed by atoms with E-state index in [-0.39, 0.29) is 0 Å². The summed E-state index contributed by atoms with van der Waals surface area (Å²) in [4.78, 5) is 0. The van der Waals surface area contributed by atoms with Gasteiger partial charge in [-0.05, 0) is 30.2 Å². The van der Waals surface area contributed by atoms with Gasteiger partial charge in [0.2, 0.25) is 0 Å². The fraction of sp³-hybridized carbons (Fsp3) is 0.455. The highest BCUT2D eigenvalue weighted by molar-refractivity contribution is 5.36. The molecule has 0 saturated heterocycles. The van der Waals surface area contributed by atoms with Crippen molar-refractivity contribution in [2.75, 3.05) is 7.11 Å². The van der Waals surface area contributed by atoms with Crippen molar-refractivity contribution in [2.45, 2.75) is 25.6 Å². The van der Waals surface area contributed by atoms with E-state index < -0.39 is 18.6 Å². The molecule has 1 aromatic rings. The van der Waals surface area contributed by atoms with Crippen LogP contribution in [0.25, 0.3) is 0 Å². The van der Waals surface area contributed by atoms with Gasteiger partial charge in [-0.1, -0.05) is 6.07 Å². The van der Waals surface area contributed by atoms with Gasteiger partial charge in [0.25, 0.3) is 0 Å². The molecule has 0 fully saturated rings. The average molecular weight is 233 g/mol. The van der Waals surface area contributed by atoms with Crippen LogP contribution in [-0.4, -0.2) is 13.3 Å². The molecule has 1 rings (SSSR count). The first-order valence-corrected chi connectivity index (χ1v) is 4.80. The molecule has 1 aromatic carbocycles. The second-order valence-electron chi connectivity index (χ2n) is 3.65. The Kier molecular flexibility index (Phi) is 3.80. The van der Waals surface area contributed by atoms with Crippen LogP contribution in [-0.2, 0) is 0 Å². The van der Waals surface area contributed by atoms with Crippen LogP contribution in [0.4, 0.5) is 13.2 Å². The molecule has 0 saturated carbocycles. The molecule has 0 spiro atoms. The van der Waals surface area contributed by atoms with Gasteiger partial charge < -0.3 is 10.5 Å². The molecule has 0 aliphatic rings. The Morgan fingerprint density at radius 3 is 2.44 bits per heavy atom. The van der Waals surface area contributed by atoms with Gasteiger partial charge in [-0.3, -0.25) is 0 Å². The minimum Gasteiger partial charge on any atom is -0.497 e. The summed E-state index contributed by atoms with van der Waals surface area (Å²) in [5.41, 5.74) is 6.72. The summed E-state index contributed by atoms with van der Waals surface area (Å²) in [6, 6.07) is 3.83. The van der Waals surface area contributed by atoms with Crippen LogP contribution in [0.3, 0.4) is 0 Å². The Bertz CT molecular complexity index is 363. The van der Waals surface area contributed by atoms with Crippen molar-refractivity contribution in [3.8, 4) is 5.75 Å². The number of aryl methyl sites for hydroxylation is 1. The van der Waals surface area contributed by atoms with Gasteiger partial charge in [-0.25, -0.2) is 0 Å². The zero-order valence-corrected chi connectivity index (χ0v) is 9.14. The Balaban J connectivity index is 2.88. The molecule has 0 bridgehead atoms. The van der Waals surface area contributed by atoms with E-state index in [1.165, 1.54) is 7.11 Å². The molecule has 0 aliphatic heterocycles. The second-order valence-corrected chi connectivity index (χ2v) is 3.65. The van der Waals surface area contributed by atoms with Crippen molar-refractivity contribution in [1.29, 1.82) is 0 Å². The van der Waals surface area contributed by atoms with E-state index in [2.05, 4.69) is 0 Å². The fourth-order valence-electron chi connectivity index (χ4n) is 1.55. The molecule has 1 unspecified atom stereocenters. The van der Waals surface area contributed by atoms with E-state index in [4.69, 9.17) is 10.5 Å². The number of hydrogen-bond donors (Lipinski definition) is 1. The molecule has 90 valence electrons. The highest BCUT2D eigenvalue weighted by Crippen LogP contribution is 2.30. The maximum absolute atomic E-state index is 12.2. The summed E-state index contributed by atoms with van der Waals surface area (Å²) in [5, 5.41) is 0. The van der Waals surface area contributed by atoms with Gasteiger partial charge in [-0.2, -0.15) is 13.2 Å². The molecule has 5 heteroatoms. The third kappa shape index (κ3) is 3.41. The van der Waals surface area contributed by atoms with Crippen LogP contribution < -0.4 is 10.5 Å². The number of halogens is 3. The lowest BCUT2D eigenvalue weighted by molar-refractivity contribution is -0.138. The Morgan fingerprint density at radius 2 is 2.00 bits per heavy atom. The molecule has 0 heterocycles. The number of rotatable bonds is 3. The minimum atomic E-state index is -4.24. The first kappa shape index (κ1) is 12.8. The molecule has 0 aromatic heterocycles. The molecular weight excluding hydrogens is 219 g/mol. The van der Waals surface area contributed by atoms with Crippen LogP contribution in [0.15, 0.2) is 18.2 Å². The maximum atomic E-state index is 12.2. The highest BCUT2D eigenvalue weighted by Gasteiger charge is 2.31. The lowest BCUT2D eigenvalue weighted by atomic mass is 9.99. The average Bonchev–Trinajstić information content (AvgIpc) is 2.14. The predicted molar refractivity (Wildman–Crippen MR) is 55.3 cm³/mol. The lowest BCUT2D eigenvalue weighted by Gasteiger charge is -2.17. The fourth-order valence-corrected chi connectivity index (χ4v) is 1.55. The van der Waals surface area contributed by atoms with Crippen LogP contribution in [0, 0.1) is 6.92 Å². The smallest absolute Gasteiger partial charge is 0.390 e. The number of benzene rings is 1. The van der Waals surface area contributed by atoms with E-state index in [0.717, 1.165) is 0 Å². The molecule has 16 heavy (non-hydrogen) atoms. The van der Waals surface area contributed by atoms with E-state index in [9.17, 15) is 13.2 Å². The summed E-state index contributed by atoms with van der Waals surface area (Å²) in [6.45, 7) is 1.72. The number of hydrogen-bond acceptors (Lipinski definition) is 2. The van der Waals surface area contributed by atoms with Gasteiger partial charge >= 0.3 is 6.18 Å². The molecule has 2 nitrogen and oxygen atoms in total. The number of methoxy groups -OCH3 is 1. The van der Waals surface area contributed by atoms with Crippen LogP contribution >= 0.6 is 0 Å². The van der Waals surface area contributed by atoms with E-state index in [0.29, 0.717) is 16.9 Å². The largest absolute Gasteiger partial charge is 0.497 e. The molecule has 0 aliphatic carbocycles. The van der Waals surface area contributed by atoms with Gasteiger partial charge in [0.1, 0.15) is 5.75 Å². The van der Waals surface area contributed by atoms with E-state index >= 15 is 0 Å². The first-order chi connectivity index (χ1) is 7.33. The maximum Gasteiger partial charge on any atom is 0.390 e. The second kappa shape index (κ2) is 4.74. The summed E-state index contributed by atoms with van der Waals surface area (Å²) >= 11 is 0. The third-order valence-corrected chi connectivity index (χ3v) is 2.33. The molecular formula is C11H14F3NO. The molecule has 0 radical (unpaired) electrons. The van der Waals surface area contributed by atoms with Crippen LogP contribution in [0.1, 0.15) is 23.6 Å². The summed E-state index contributed by atoms with van der Waals surface area (Å²) < 4.78 is 41.5. The number of alkyl halides is 3. The van der Waals surface area contributed by atoms with Crippen LogP contribution in [0.5, 0.6) is 5.75 Å². The van der Waals surface area contributed by atoms with Gasteiger partial charge in [0.15, 0.2) is 0 Å². The topological polar surface area (TPSA) is 35.2 Å². The van der Waals surface area contributed by atoms with Crippen molar-refractivity contribution in [2.24, 2.45) is 5.73 Å². The standard InChI is InChI=1S/C11H14F3NO/c1-7-5-8(16-2)3-4-9(7)10(15)6-11(12,13)14/h3-5,10H,6,15H2,1-2H3. The van der Waals surface area contributed by atoms with Crippen molar-refractivity contribution < 1.29 is 17.9 Å². The lowest BCUT2D eigenvalue weighted by Crippen LogP contribution is -2.20. The SMILES string of the molecule is COc1ccc(C(N)CC(F)(F)F)c(C)c1. The van der Waals surface area contributed by atoms with Crippen molar-refractivity contribution in [1.82, 2.24) is 0 Å². The van der Waals surface area contributed by atoms with Gasteiger partial charge in [0.05, 0.1) is 13.5 Å². The first-order valence-electron chi connectivity index (χ1n) is 4.80. The molecule has 1 atom stereocenters. The Labute approximate surface area is 92.2 Å². The number of nitrogens with two attached hydrogens (primary N) is 1. The van der Waals surface area contributed by atoms with Crippen molar-refractivity contribution >= 4 is 0 Å². The monoisotopic (exact) mass is 233 g/mol. The zero-order valence-electron chi connectivity index (χ0n) is 9.14. The van der Waals surface area contributed by atoms with E-state index in [1.54, 1.807) is 25.1 Å². The minimum absolute atomic E-state index is 0.498. The molecule has 0 amide bonds. The molecule has 2 N–H and O–H groups in total. The summed E-state index contributed by atoms with van der Waals surface area (Å²) in [5.74, 6) is 0.612. The van der Waals surface area contributed by atoms with E-state index in [1.807, 2.05) is 0 Å². The Morgan fingerprint density at radius 1 is 1.38 bits per heavy atom. The third-order valence-electron chi connectivity index (χ3n) is 2.33. The van der Waals surface area contributed by atoms with Gasteiger partial charge in [0, 0.05) is 6.04 Å². The summed E-state index contributed by atoms with van der Waals surface area (Å²) in [6.07, 6.45) is -5.26. The summed E-state index contributed by atoms with van der Waals surface area (Å²) in [7, 11) is 1.50.